The molecule has 0 radical (unpaired) electrons. The van der Waals surface area contributed by atoms with Crippen molar-refractivity contribution in [2.24, 2.45) is 0 Å². The zero-order valence-electron chi connectivity index (χ0n) is 9.64. The number of nitrogens with zero attached hydrogens (tertiary/aromatic N) is 2. The number of nitrogens with one attached hydrogen (secondary N) is 1. The van der Waals surface area contributed by atoms with Crippen LogP contribution in [0, 0.1) is 11.3 Å². The summed E-state index contributed by atoms with van der Waals surface area (Å²) in [6.07, 6.45) is 1.57. The number of hydrogen-bond donors (Lipinski definition) is 1. The van der Waals surface area contributed by atoms with E-state index in [1.807, 2.05) is 6.07 Å². The van der Waals surface area contributed by atoms with Crippen LogP contribution >= 0.6 is 11.6 Å². The Hall–Kier alpha value is -2.25. The van der Waals surface area contributed by atoms with Crippen molar-refractivity contribution in [2.75, 3.05) is 12.4 Å². The lowest BCUT2D eigenvalue weighted by atomic mass is 10.2. The minimum absolute atomic E-state index is 0.348. The van der Waals surface area contributed by atoms with Crippen LogP contribution in [0.4, 0.5) is 11.4 Å². The molecule has 0 unspecified atom stereocenters. The number of aromatic nitrogens is 1. The number of pyridine rings is 1. The topological polar surface area (TPSA) is 57.9 Å². The van der Waals surface area contributed by atoms with Crippen LogP contribution in [0.15, 0.2) is 36.5 Å². The highest BCUT2D eigenvalue weighted by Crippen LogP contribution is 2.30. The maximum atomic E-state index is 8.79. The van der Waals surface area contributed by atoms with Gasteiger partial charge in [-0.05, 0) is 30.3 Å². The number of anilines is 2. The fourth-order valence-electron chi connectivity index (χ4n) is 1.50. The molecule has 0 atom stereocenters. The van der Waals surface area contributed by atoms with Gasteiger partial charge in [-0.25, -0.2) is 4.98 Å². The molecule has 90 valence electrons. The molecule has 0 saturated heterocycles. The van der Waals surface area contributed by atoms with Gasteiger partial charge in [-0.1, -0.05) is 11.6 Å². The Bertz CT molecular complexity index is 607. The van der Waals surface area contributed by atoms with E-state index in [2.05, 4.69) is 10.3 Å². The Morgan fingerprint density at radius 1 is 1.33 bits per heavy atom. The van der Waals surface area contributed by atoms with Gasteiger partial charge in [-0.3, -0.25) is 0 Å². The summed E-state index contributed by atoms with van der Waals surface area (Å²) in [6, 6.07) is 10.7. The van der Waals surface area contributed by atoms with Crippen LogP contribution in [-0.4, -0.2) is 12.1 Å². The standard InChI is InChI=1S/C13H10ClN3O/c1-18-13-3-2-9(14)6-12(13)17-10-4-5-16-11(7-10)8-15/h2-7H,1H3,(H,16,17). The van der Waals surface area contributed by atoms with Crippen molar-refractivity contribution >= 4 is 23.0 Å². The van der Waals surface area contributed by atoms with Gasteiger partial charge in [0.1, 0.15) is 17.5 Å². The summed E-state index contributed by atoms with van der Waals surface area (Å²) in [5.41, 5.74) is 1.84. The molecule has 18 heavy (non-hydrogen) atoms. The Labute approximate surface area is 110 Å². The first-order valence-electron chi connectivity index (χ1n) is 5.19. The van der Waals surface area contributed by atoms with Crippen molar-refractivity contribution in [3.63, 3.8) is 0 Å². The van der Waals surface area contributed by atoms with Gasteiger partial charge in [0.05, 0.1) is 12.8 Å². The van der Waals surface area contributed by atoms with E-state index in [-0.39, 0.29) is 0 Å². The first kappa shape index (κ1) is 12.2. The zero-order valence-corrected chi connectivity index (χ0v) is 10.4. The number of ether oxygens (including phenoxy) is 1. The summed E-state index contributed by atoms with van der Waals surface area (Å²) in [7, 11) is 1.58. The monoisotopic (exact) mass is 259 g/mol. The number of nitriles is 1. The molecular formula is C13H10ClN3O. The number of rotatable bonds is 3. The average Bonchev–Trinajstić information content (AvgIpc) is 2.39. The van der Waals surface area contributed by atoms with Crippen LogP contribution in [0.3, 0.4) is 0 Å². The van der Waals surface area contributed by atoms with Gasteiger partial charge < -0.3 is 10.1 Å². The molecule has 5 heteroatoms. The van der Waals surface area contributed by atoms with E-state index >= 15 is 0 Å². The molecule has 4 nitrogen and oxygen atoms in total. The molecule has 0 spiro atoms. The number of benzene rings is 1. The third kappa shape index (κ3) is 2.70. The summed E-state index contributed by atoms with van der Waals surface area (Å²) in [5, 5.41) is 12.5. The van der Waals surface area contributed by atoms with Crippen LogP contribution in [0.1, 0.15) is 5.69 Å². The fraction of sp³-hybridized carbons (Fsp3) is 0.0769. The largest absolute Gasteiger partial charge is 0.495 e. The van der Waals surface area contributed by atoms with Crippen molar-refractivity contribution in [2.45, 2.75) is 0 Å². The smallest absolute Gasteiger partial charge is 0.142 e. The molecule has 1 N–H and O–H groups in total. The molecule has 1 aromatic carbocycles. The summed E-state index contributed by atoms with van der Waals surface area (Å²) < 4.78 is 5.23. The summed E-state index contributed by atoms with van der Waals surface area (Å²) in [4.78, 5) is 3.90. The Morgan fingerprint density at radius 3 is 2.89 bits per heavy atom. The SMILES string of the molecule is COc1ccc(Cl)cc1Nc1ccnc(C#N)c1. The Morgan fingerprint density at radius 2 is 2.17 bits per heavy atom. The molecular weight excluding hydrogens is 250 g/mol. The van der Waals surface area contributed by atoms with E-state index in [4.69, 9.17) is 21.6 Å². The highest BCUT2D eigenvalue weighted by Gasteiger charge is 2.04. The Kier molecular flexibility index (Phi) is 3.66. The van der Waals surface area contributed by atoms with Crippen molar-refractivity contribution in [1.29, 1.82) is 5.26 Å². The second kappa shape index (κ2) is 5.39. The molecule has 0 saturated carbocycles. The number of halogens is 1. The molecule has 2 rings (SSSR count). The van der Waals surface area contributed by atoms with Crippen molar-refractivity contribution in [1.82, 2.24) is 4.98 Å². The van der Waals surface area contributed by atoms with E-state index in [1.54, 1.807) is 43.6 Å². The molecule has 0 bridgehead atoms. The lowest BCUT2D eigenvalue weighted by Gasteiger charge is -2.11. The number of hydrogen-bond acceptors (Lipinski definition) is 4. The Balaban J connectivity index is 2.33. The third-order valence-electron chi connectivity index (χ3n) is 2.32. The van der Waals surface area contributed by atoms with E-state index in [9.17, 15) is 0 Å². The van der Waals surface area contributed by atoms with Crippen molar-refractivity contribution < 1.29 is 4.74 Å². The summed E-state index contributed by atoms with van der Waals surface area (Å²) in [6.45, 7) is 0. The predicted molar refractivity (Wildman–Crippen MR) is 70.2 cm³/mol. The summed E-state index contributed by atoms with van der Waals surface area (Å²) in [5.74, 6) is 0.676. The van der Waals surface area contributed by atoms with Gasteiger partial charge in [0, 0.05) is 16.9 Å². The lowest BCUT2D eigenvalue weighted by molar-refractivity contribution is 0.417. The molecule has 2 aromatic rings. The van der Waals surface area contributed by atoms with Gasteiger partial charge in [0.25, 0.3) is 0 Å². The normalized spacial score (nSPS) is 9.61. The van der Waals surface area contributed by atoms with Crippen LogP contribution in [0.25, 0.3) is 0 Å². The molecule has 0 aliphatic rings. The van der Waals surface area contributed by atoms with E-state index in [0.29, 0.717) is 16.5 Å². The average molecular weight is 260 g/mol. The molecule has 0 aliphatic heterocycles. The minimum Gasteiger partial charge on any atom is -0.495 e. The minimum atomic E-state index is 0.348. The van der Waals surface area contributed by atoms with E-state index in [1.165, 1.54) is 0 Å². The van der Waals surface area contributed by atoms with Crippen LogP contribution in [-0.2, 0) is 0 Å². The third-order valence-corrected chi connectivity index (χ3v) is 2.55. The van der Waals surface area contributed by atoms with Gasteiger partial charge >= 0.3 is 0 Å². The second-order valence-corrected chi connectivity index (χ2v) is 3.95. The molecule has 1 heterocycles. The quantitative estimate of drug-likeness (QED) is 0.918. The highest BCUT2D eigenvalue weighted by molar-refractivity contribution is 6.31. The zero-order chi connectivity index (χ0) is 13.0. The predicted octanol–water partition coefficient (Wildman–Crippen LogP) is 3.36. The van der Waals surface area contributed by atoms with Gasteiger partial charge in [0.2, 0.25) is 0 Å². The lowest BCUT2D eigenvalue weighted by Crippen LogP contribution is -1.95. The fourth-order valence-corrected chi connectivity index (χ4v) is 1.67. The number of methoxy groups -OCH3 is 1. The van der Waals surface area contributed by atoms with Crippen LogP contribution in [0.5, 0.6) is 5.75 Å². The maximum Gasteiger partial charge on any atom is 0.142 e. The first-order valence-corrected chi connectivity index (χ1v) is 5.57. The molecule has 0 fully saturated rings. The highest BCUT2D eigenvalue weighted by atomic mass is 35.5. The molecule has 0 amide bonds. The van der Waals surface area contributed by atoms with E-state index < -0.39 is 0 Å². The van der Waals surface area contributed by atoms with Crippen LogP contribution < -0.4 is 10.1 Å². The maximum absolute atomic E-state index is 8.79. The molecule has 1 aromatic heterocycles. The van der Waals surface area contributed by atoms with E-state index in [0.717, 1.165) is 11.4 Å². The summed E-state index contributed by atoms with van der Waals surface area (Å²) >= 11 is 5.94. The van der Waals surface area contributed by atoms with Crippen LogP contribution in [0.2, 0.25) is 5.02 Å². The van der Waals surface area contributed by atoms with Crippen molar-refractivity contribution in [3.05, 3.63) is 47.2 Å². The molecule has 0 aliphatic carbocycles. The van der Waals surface area contributed by atoms with Gasteiger partial charge in [-0.2, -0.15) is 5.26 Å². The van der Waals surface area contributed by atoms with Gasteiger partial charge in [0.15, 0.2) is 0 Å². The first-order chi connectivity index (χ1) is 8.72. The van der Waals surface area contributed by atoms with Gasteiger partial charge in [-0.15, -0.1) is 0 Å². The van der Waals surface area contributed by atoms with Crippen molar-refractivity contribution in [3.8, 4) is 11.8 Å². The second-order valence-electron chi connectivity index (χ2n) is 3.51.